The Morgan fingerprint density at radius 2 is 2.40 bits per heavy atom. The summed E-state index contributed by atoms with van der Waals surface area (Å²) in [6, 6.07) is 0. The summed E-state index contributed by atoms with van der Waals surface area (Å²) < 4.78 is 1.71. The number of hydrogen-bond donors (Lipinski definition) is 1. The van der Waals surface area contributed by atoms with Gasteiger partial charge >= 0.3 is 5.97 Å². The zero-order chi connectivity index (χ0) is 10.8. The van der Waals surface area contributed by atoms with Crippen LogP contribution < -0.4 is 0 Å². The van der Waals surface area contributed by atoms with Gasteiger partial charge in [-0.25, -0.2) is 0 Å². The fraction of sp³-hybridized carbons (Fsp3) is 0.200. The topological polar surface area (TPSA) is 55.1 Å². The minimum absolute atomic E-state index is 0.0632. The molecule has 0 aliphatic rings. The van der Waals surface area contributed by atoms with Gasteiger partial charge in [0.2, 0.25) is 0 Å². The van der Waals surface area contributed by atoms with Crippen LogP contribution in [0.1, 0.15) is 5.56 Å². The summed E-state index contributed by atoms with van der Waals surface area (Å²) in [6.45, 7) is 0. The van der Waals surface area contributed by atoms with Crippen LogP contribution in [0.15, 0.2) is 23.2 Å². The van der Waals surface area contributed by atoms with Crippen molar-refractivity contribution in [2.75, 3.05) is 0 Å². The van der Waals surface area contributed by atoms with Crippen LogP contribution in [0.4, 0.5) is 0 Å². The molecule has 78 valence electrons. The normalized spacial score (nSPS) is 10.5. The fourth-order valence-electron chi connectivity index (χ4n) is 1.44. The molecule has 0 unspecified atom stereocenters. The van der Waals surface area contributed by atoms with E-state index in [1.807, 2.05) is 24.0 Å². The Kier molecular flexibility index (Phi) is 2.55. The lowest BCUT2D eigenvalue weighted by Crippen LogP contribution is -1.99. The van der Waals surface area contributed by atoms with Crippen molar-refractivity contribution in [2.24, 2.45) is 7.05 Å². The van der Waals surface area contributed by atoms with Crippen LogP contribution >= 0.6 is 11.3 Å². The first-order valence-electron chi connectivity index (χ1n) is 4.42. The molecule has 0 amide bonds. The highest BCUT2D eigenvalue weighted by Gasteiger charge is 2.10. The van der Waals surface area contributed by atoms with E-state index in [2.05, 4.69) is 5.10 Å². The van der Waals surface area contributed by atoms with Crippen molar-refractivity contribution in [2.45, 2.75) is 6.42 Å². The SMILES string of the molecule is Cn1cc(-c2cscc2CC(=O)O)cn1. The van der Waals surface area contributed by atoms with Crippen molar-refractivity contribution in [1.82, 2.24) is 9.78 Å². The molecule has 1 N–H and O–H groups in total. The second kappa shape index (κ2) is 3.86. The Labute approximate surface area is 90.8 Å². The van der Waals surface area contributed by atoms with E-state index in [1.165, 1.54) is 11.3 Å². The maximum atomic E-state index is 10.6. The van der Waals surface area contributed by atoms with E-state index in [-0.39, 0.29) is 6.42 Å². The van der Waals surface area contributed by atoms with E-state index in [0.29, 0.717) is 0 Å². The Morgan fingerprint density at radius 3 is 3.00 bits per heavy atom. The summed E-state index contributed by atoms with van der Waals surface area (Å²) in [4.78, 5) is 10.6. The molecule has 0 aliphatic heterocycles. The van der Waals surface area contributed by atoms with E-state index >= 15 is 0 Å². The molecule has 2 aromatic heterocycles. The van der Waals surface area contributed by atoms with Crippen LogP contribution in [0.25, 0.3) is 11.1 Å². The monoisotopic (exact) mass is 222 g/mol. The van der Waals surface area contributed by atoms with Gasteiger partial charge in [-0.05, 0) is 21.9 Å². The predicted octanol–water partition coefficient (Wildman–Crippen LogP) is 1.78. The molecule has 0 fully saturated rings. The highest BCUT2D eigenvalue weighted by Crippen LogP contribution is 2.27. The fourth-order valence-corrected chi connectivity index (χ4v) is 2.30. The van der Waals surface area contributed by atoms with E-state index < -0.39 is 5.97 Å². The number of carbonyl (C=O) groups is 1. The number of thiophene rings is 1. The summed E-state index contributed by atoms with van der Waals surface area (Å²) in [5.74, 6) is -0.807. The smallest absolute Gasteiger partial charge is 0.307 e. The maximum absolute atomic E-state index is 10.6. The van der Waals surface area contributed by atoms with Gasteiger partial charge in [0.05, 0.1) is 12.6 Å². The summed E-state index contributed by atoms with van der Waals surface area (Å²) in [5.41, 5.74) is 2.78. The lowest BCUT2D eigenvalue weighted by molar-refractivity contribution is -0.136. The lowest BCUT2D eigenvalue weighted by Gasteiger charge is -1.97. The molecular weight excluding hydrogens is 212 g/mol. The van der Waals surface area contributed by atoms with E-state index in [1.54, 1.807) is 10.9 Å². The second-order valence-electron chi connectivity index (χ2n) is 3.28. The number of nitrogens with zero attached hydrogens (tertiary/aromatic N) is 2. The third-order valence-electron chi connectivity index (χ3n) is 2.10. The van der Waals surface area contributed by atoms with Crippen molar-refractivity contribution in [3.63, 3.8) is 0 Å². The van der Waals surface area contributed by atoms with Gasteiger partial charge in [-0.3, -0.25) is 9.48 Å². The average molecular weight is 222 g/mol. The molecule has 2 aromatic rings. The van der Waals surface area contributed by atoms with Gasteiger partial charge in [0.1, 0.15) is 0 Å². The molecule has 2 heterocycles. The van der Waals surface area contributed by atoms with Crippen molar-refractivity contribution in [1.29, 1.82) is 0 Å². The molecule has 0 aromatic carbocycles. The van der Waals surface area contributed by atoms with Crippen molar-refractivity contribution < 1.29 is 9.90 Å². The Bertz CT molecular complexity index is 487. The molecule has 0 saturated heterocycles. The van der Waals surface area contributed by atoms with Gasteiger partial charge < -0.3 is 5.11 Å². The molecular formula is C10H10N2O2S. The highest BCUT2D eigenvalue weighted by molar-refractivity contribution is 7.08. The maximum Gasteiger partial charge on any atom is 0.307 e. The zero-order valence-electron chi connectivity index (χ0n) is 8.17. The minimum Gasteiger partial charge on any atom is -0.481 e. The average Bonchev–Trinajstić information content (AvgIpc) is 2.72. The van der Waals surface area contributed by atoms with Crippen LogP contribution in [-0.4, -0.2) is 20.9 Å². The van der Waals surface area contributed by atoms with E-state index in [0.717, 1.165) is 16.7 Å². The summed E-state index contributed by atoms with van der Waals surface area (Å²) >= 11 is 1.51. The molecule has 2 rings (SSSR count). The Balaban J connectivity index is 2.36. The quantitative estimate of drug-likeness (QED) is 0.861. The number of aryl methyl sites for hydroxylation is 1. The Hall–Kier alpha value is -1.62. The van der Waals surface area contributed by atoms with Gasteiger partial charge in [0, 0.05) is 18.8 Å². The molecule has 4 nitrogen and oxygen atoms in total. The van der Waals surface area contributed by atoms with Crippen LogP contribution in [0, 0.1) is 0 Å². The Morgan fingerprint density at radius 1 is 1.60 bits per heavy atom. The third kappa shape index (κ3) is 2.07. The first-order chi connectivity index (χ1) is 7.16. The van der Waals surface area contributed by atoms with E-state index in [9.17, 15) is 4.79 Å². The first-order valence-corrected chi connectivity index (χ1v) is 5.37. The molecule has 0 radical (unpaired) electrons. The molecule has 5 heteroatoms. The van der Waals surface area contributed by atoms with Crippen LogP contribution in [0.2, 0.25) is 0 Å². The molecule has 15 heavy (non-hydrogen) atoms. The van der Waals surface area contributed by atoms with Crippen molar-refractivity contribution in [3.05, 3.63) is 28.7 Å². The second-order valence-corrected chi connectivity index (χ2v) is 4.03. The summed E-state index contributed by atoms with van der Waals surface area (Å²) in [7, 11) is 1.84. The number of carboxylic acid groups (broad SMARTS) is 1. The van der Waals surface area contributed by atoms with Gasteiger partial charge in [0.15, 0.2) is 0 Å². The number of carboxylic acids is 1. The summed E-state index contributed by atoms with van der Waals surface area (Å²) in [6.07, 6.45) is 3.69. The standard InChI is InChI=1S/C10H10N2O2S/c1-12-4-8(3-11-12)9-6-15-5-7(9)2-10(13)14/h3-6H,2H2,1H3,(H,13,14). The van der Waals surface area contributed by atoms with Gasteiger partial charge in [-0.1, -0.05) is 0 Å². The third-order valence-corrected chi connectivity index (χ3v) is 2.89. The molecule has 0 saturated carbocycles. The predicted molar refractivity (Wildman–Crippen MR) is 57.9 cm³/mol. The van der Waals surface area contributed by atoms with Crippen molar-refractivity contribution in [3.8, 4) is 11.1 Å². The summed E-state index contributed by atoms with van der Waals surface area (Å²) in [5, 5.41) is 16.6. The minimum atomic E-state index is -0.807. The van der Waals surface area contributed by atoms with Gasteiger partial charge in [0.25, 0.3) is 0 Å². The molecule has 0 spiro atoms. The zero-order valence-corrected chi connectivity index (χ0v) is 8.99. The van der Waals surface area contributed by atoms with Crippen molar-refractivity contribution >= 4 is 17.3 Å². The molecule has 0 atom stereocenters. The number of aromatic nitrogens is 2. The van der Waals surface area contributed by atoms with E-state index in [4.69, 9.17) is 5.11 Å². The highest BCUT2D eigenvalue weighted by atomic mass is 32.1. The van der Waals surface area contributed by atoms with Crippen LogP contribution in [-0.2, 0) is 18.3 Å². The van der Waals surface area contributed by atoms with Gasteiger partial charge in [-0.15, -0.1) is 0 Å². The largest absolute Gasteiger partial charge is 0.481 e. The first kappa shape index (κ1) is 9.92. The van der Waals surface area contributed by atoms with Crippen LogP contribution in [0.5, 0.6) is 0 Å². The number of rotatable bonds is 3. The molecule has 0 bridgehead atoms. The number of hydrogen-bond acceptors (Lipinski definition) is 3. The number of aliphatic carboxylic acids is 1. The van der Waals surface area contributed by atoms with Crippen LogP contribution in [0.3, 0.4) is 0 Å². The molecule has 0 aliphatic carbocycles. The van der Waals surface area contributed by atoms with Gasteiger partial charge in [-0.2, -0.15) is 16.4 Å². The lowest BCUT2D eigenvalue weighted by atomic mass is 10.1.